The third kappa shape index (κ3) is 4.78. The predicted octanol–water partition coefficient (Wildman–Crippen LogP) is 0.999. The smallest absolute Gasteiger partial charge is 0.209 e. The molecule has 1 unspecified atom stereocenters. The van der Waals surface area contributed by atoms with E-state index in [9.17, 15) is 8.42 Å². The molecule has 0 amide bonds. The lowest BCUT2D eigenvalue weighted by Crippen LogP contribution is -2.25. The Morgan fingerprint density at radius 3 is 2.81 bits per heavy atom. The van der Waals surface area contributed by atoms with Crippen LogP contribution in [0.5, 0.6) is 0 Å². The van der Waals surface area contributed by atoms with Gasteiger partial charge in [-0.25, -0.2) is 13.6 Å². The van der Waals surface area contributed by atoms with Crippen LogP contribution in [0.25, 0.3) is 0 Å². The monoisotopic (exact) mass is 246 g/mol. The second kappa shape index (κ2) is 6.03. The second-order valence-electron chi connectivity index (χ2n) is 3.65. The molecular weight excluding hydrogens is 228 g/mol. The Hall–Kier alpha value is -0.850. The lowest BCUT2D eigenvalue weighted by Gasteiger charge is -2.13. The zero-order chi connectivity index (χ0) is 12.0. The zero-order valence-electron chi connectivity index (χ0n) is 9.35. The van der Waals surface area contributed by atoms with E-state index in [4.69, 9.17) is 9.56 Å². The molecule has 1 rings (SSSR count). The first kappa shape index (κ1) is 13.2. The highest BCUT2D eigenvalue weighted by Crippen LogP contribution is 2.16. The van der Waals surface area contributed by atoms with Crippen LogP contribution >= 0.6 is 0 Å². The van der Waals surface area contributed by atoms with Gasteiger partial charge < -0.3 is 9.73 Å². The first-order valence-corrected chi connectivity index (χ1v) is 7.01. The molecule has 1 atom stereocenters. The first-order chi connectivity index (χ1) is 7.53. The number of hydrogen-bond acceptors (Lipinski definition) is 4. The SMILES string of the molecule is CCC(NCCCS(N)(=O)=O)c1ccco1. The van der Waals surface area contributed by atoms with Crippen molar-refractivity contribution in [1.29, 1.82) is 0 Å². The molecule has 92 valence electrons. The molecule has 1 aromatic rings. The van der Waals surface area contributed by atoms with Crippen molar-refractivity contribution in [2.24, 2.45) is 5.14 Å². The molecule has 5 nitrogen and oxygen atoms in total. The molecule has 0 fully saturated rings. The Morgan fingerprint density at radius 2 is 2.31 bits per heavy atom. The summed E-state index contributed by atoms with van der Waals surface area (Å²) in [6.45, 7) is 2.65. The van der Waals surface area contributed by atoms with Crippen LogP contribution in [0, 0.1) is 0 Å². The van der Waals surface area contributed by atoms with Crippen LogP contribution in [-0.4, -0.2) is 20.7 Å². The van der Waals surface area contributed by atoms with Gasteiger partial charge in [0.25, 0.3) is 0 Å². The summed E-state index contributed by atoms with van der Waals surface area (Å²) in [5.74, 6) is 0.882. The van der Waals surface area contributed by atoms with Crippen LogP contribution in [0.4, 0.5) is 0 Å². The van der Waals surface area contributed by atoms with E-state index in [1.807, 2.05) is 19.1 Å². The van der Waals surface area contributed by atoms with Gasteiger partial charge in [0, 0.05) is 0 Å². The van der Waals surface area contributed by atoms with Gasteiger partial charge >= 0.3 is 0 Å². The van der Waals surface area contributed by atoms with Crippen molar-refractivity contribution in [3.05, 3.63) is 24.2 Å². The van der Waals surface area contributed by atoms with Crippen LogP contribution in [-0.2, 0) is 10.0 Å². The fourth-order valence-electron chi connectivity index (χ4n) is 1.49. The van der Waals surface area contributed by atoms with E-state index in [-0.39, 0.29) is 11.8 Å². The standard InChI is InChI=1S/C10H18N2O3S/c1-2-9(10-5-3-7-15-10)12-6-4-8-16(11,13)14/h3,5,7,9,12H,2,4,6,8H2,1H3,(H2,11,13,14). The lowest BCUT2D eigenvalue weighted by molar-refractivity contribution is 0.405. The normalized spacial score (nSPS) is 13.9. The summed E-state index contributed by atoms with van der Waals surface area (Å²) in [5.41, 5.74) is 0. The van der Waals surface area contributed by atoms with Gasteiger partial charge in [-0.05, 0) is 31.5 Å². The fraction of sp³-hybridized carbons (Fsp3) is 0.600. The minimum atomic E-state index is -3.35. The summed E-state index contributed by atoms with van der Waals surface area (Å²) in [4.78, 5) is 0. The summed E-state index contributed by atoms with van der Waals surface area (Å²) >= 11 is 0. The number of primary sulfonamides is 1. The lowest BCUT2D eigenvalue weighted by atomic mass is 10.1. The molecule has 0 spiro atoms. The van der Waals surface area contributed by atoms with Gasteiger partial charge in [-0.15, -0.1) is 0 Å². The summed E-state index contributed by atoms with van der Waals surface area (Å²) in [6.07, 6.45) is 3.03. The number of nitrogens with one attached hydrogen (secondary N) is 1. The van der Waals surface area contributed by atoms with E-state index in [0.29, 0.717) is 13.0 Å². The Labute approximate surface area is 96.1 Å². The van der Waals surface area contributed by atoms with Crippen LogP contribution in [0.1, 0.15) is 31.6 Å². The molecule has 3 N–H and O–H groups in total. The molecule has 0 aliphatic rings. The first-order valence-electron chi connectivity index (χ1n) is 5.30. The molecule has 6 heteroatoms. The number of rotatable bonds is 7. The van der Waals surface area contributed by atoms with E-state index in [1.165, 1.54) is 0 Å². The zero-order valence-corrected chi connectivity index (χ0v) is 10.2. The summed E-state index contributed by atoms with van der Waals surface area (Å²) in [6, 6.07) is 3.88. The van der Waals surface area contributed by atoms with E-state index >= 15 is 0 Å². The van der Waals surface area contributed by atoms with Gasteiger partial charge in [-0.3, -0.25) is 0 Å². The van der Waals surface area contributed by atoms with E-state index in [0.717, 1.165) is 12.2 Å². The number of nitrogens with two attached hydrogens (primary N) is 1. The highest BCUT2D eigenvalue weighted by Gasteiger charge is 2.11. The van der Waals surface area contributed by atoms with Crippen LogP contribution < -0.4 is 10.5 Å². The summed E-state index contributed by atoms with van der Waals surface area (Å²) in [7, 11) is -3.35. The highest BCUT2D eigenvalue weighted by molar-refractivity contribution is 7.89. The topological polar surface area (TPSA) is 85.3 Å². The maximum Gasteiger partial charge on any atom is 0.209 e. The molecule has 0 aliphatic carbocycles. The van der Waals surface area contributed by atoms with E-state index in [2.05, 4.69) is 5.32 Å². The Kier molecular flexibility index (Phi) is 4.98. The Balaban J connectivity index is 2.31. The predicted molar refractivity (Wildman–Crippen MR) is 62.3 cm³/mol. The molecule has 1 aromatic heterocycles. The molecule has 0 radical (unpaired) electrons. The van der Waals surface area contributed by atoms with Crippen molar-refractivity contribution in [3.63, 3.8) is 0 Å². The van der Waals surface area contributed by atoms with E-state index < -0.39 is 10.0 Å². The van der Waals surface area contributed by atoms with Gasteiger partial charge in [-0.2, -0.15) is 0 Å². The van der Waals surface area contributed by atoms with Crippen molar-refractivity contribution in [1.82, 2.24) is 5.32 Å². The van der Waals surface area contributed by atoms with Gasteiger partial charge in [0.15, 0.2) is 0 Å². The Bertz CT molecular complexity index is 386. The quantitative estimate of drug-likeness (QED) is 0.703. The third-order valence-corrected chi connectivity index (χ3v) is 3.15. The maximum atomic E-state index is 10.7. The van der Waals surface area contributed by atoms with Crippen LogP contribution in [0.3, 0.4) is 0 Å². The molecule has 0 saturated carbocycles. The average Bonchev–Trinajstić information content (AvgIpc) is 2.69. The van der Waals surface area contributed by atoms with Crippen molar-refractivity contribution >= 4 is 10.0 Å². The molecule has 0 bridgehead atoms. The summed E-state index contributed by atoms with van der Waals surface area (Å²) in [5, 5.41) is 8.14. The van der Waals surface area contributed by atoms with Gasteiger partial charge in [0.2, 0.25) is 10.0 Å². The average molecular weight is 246 g/mol. The maximum absolute atomic E-state index is 10.7. The molecule has 0 aliphatic heterocycles. The molecule has 0 saturated heterocycles. The van der Waals surface area contributed by atoms with Crippen molar-refractivity contribution in [2.45, 2.75) is 25.8 Å². The minimum absolute atomic E-state index is 0.00852. The molecular formula is C10H18N2O3S. The number of sulfonamides is 1. The molecule has 16 heavy (non-hydrogen) atoms. The van der Waals surface area contributed by atoms with Crippen LogP contribution in [0.15, 0.2) is 22.8 Å². The Morgan fingerprint density at radius 1 is 1.56 bits per heavy atom. The second-order valence-corrected chi connectivity index (χ2v) is 5.38. The van der Waals surface area contributed by atoms with Crippen molar-refractivity contribution < 1.29 is 12.8 Å². The summed E-state index contributed by atoms with van der Waals surface area (Å²) < 4.78 is 26.7. The van der Waals surface area contributed by atoms with Crippen LogP contribution in [0.2, 0.25) is 0 Å². The fourth-order valence-corrected chi connectivity index (χ4v) is 2.03. The van der Waals surface area contributed by atoms with Crippen molar-refractivity contribution in [3.8, 4) is 0 Å². The largest absolute Gasteiger partial charge is 0.468 e. The van der Waals surface area contributed by atoms with E-state index in [1.54, 1.807) is 6.26 Å². The molecule has 1 heterocycles. The van der Waals surface area contributed by atoms with Crippen molar-refractivity contribution in [2.75, 3.05) is 12.3 Å². The van der Waals surface area contributed by atoms with Gasteiger partial charge in [0.05, 0.1) is 18.1 Å². The van der Waals surface area contributed by atoms with Gasteiger partial charge in [0.1, 0.15) is 5.76 Å². The molecule has 0 aromatic carbocycles. The highest BCUT2D eigenvalue weighted by atomic mass is 32.2. The number of furan rings is 1. The third-order valence-electron chi connectivity index (χ3n) is 2.29. The number of hydrogen-bond donors (Lipinski definition) is 2. The van der Waals surface area contributed by atoms with Gasteiger partial charge in [-0.1, -0.05) is 6.92 Å². The minimum Gasteiger partial charge on any atom is -0.468 e.